The number of thioether (sulfide) groups is 1. The van der Waals surface area contributed by atoms with Crippen LogP contribution in [-0.4, -0.2) is 34.3 Å². The van der Waals surface area contributed by atoms with Crippen molar-refractivity contribution in [1.82, 2.24) is 15.3 Å². The molecule has 116 valence electrons. The zero-order valence-corrected chi connectivity index (χ0v) is 13.8. The third-order valence-corrected chi connectivity index (χ3v) is 5.84. The van der Waals surface area contributed by atoms with Gasteiger partial charge in [-0.1, -0.05) is 11.8 Å². The van der Waals surface area contributed by atoms with Crippen molar-refractivity contribution in [3.05, 3.63) is 16.8 Å². The number of nitrogens with one attached hydrogen (secondary N) is 1. The molecule has 0 fully saturated rings. The molecule has 0 unspecified atom stereocenters. The van der Waals surface area contributed by atoms with E-state index in [9.17, 15) is 9.59 Å². The van der Waals surface area contributed by atoms with Crippen LogP contribution in [0.25, 0.3) is 10.2 Å². The van der Waals surface area contributed by atoms with Crippen LogP contribution in [0.2, 0.25) is 0 Å². The number of hydrogen-bond donors (Lipinski definition) is 1. The van der Waals surface area contributed by atoms with Gasteiger partial charge in [0.2, 0.25) is 5.91 Å². The second kappa shape index (κ2) is 6.21. The van der Waals surface area contributed by atoms with E-state index in [4.69, 9.17) is 0 Å². The zero-order valence-electron chi connectivity index (χ0n) is 12.2. The van der Waals surface area contributed by atoms with Gasteiger partial charge in [-0.25, -0.2) is 14.8 Å². The summed E-state index contributed by atoms with van der Waals surface area (Å²) in [6.07, 6.45) is 4.08. The first-order chi connectivity index (χ1) is 10.6. The van der Waals surface area contributed by atoms with Gasteiger partial charge in [-0.2, -0.15) is 0 Å². The van der Waals surface area contributed by atoms with Crippen molar-refractivity contribution in [1.29, 1.82) is 0 Å². The van der Waals surface area contributed by atoms with Crippen molar-refractivity contribution in [3.8, 4) is 0 Å². The van der Waals surface area contributed by atoms with Crippen LogP contribution in [0.15, 0.2) is 11.4 Å². The predicted molar refractivity (Wildman–Crippen MR) is 85.3 cm³/mol. The summed E-state index contributed by atoms with van der Waals surface area (Å²) in [6, 6.07) is 0. The predicted octanol–water partition coefficient (Wildman–Crippen LogP) is 2.54. The monoisotopic (exact) mass is 337 g/mol. The molecule has 0 bridgehead atoms. The van der Waals surface area contributed by atoms with E-state index in [1.807, 2.05) is 0 Å². The fourth-order valence-electron chi connectivity index (χ4n) is 2.46. The molecule has 0 spiro atoms. The average Bonchev–Trinajstić information content (AvgIpc) is 3.07. The number of nitrogens with zero attached hydrogens (tertiary/aromatic N) is 2. The first-order valence-electron chi connectivity index (χ1n) is 6.91. The van der Waals surface area contributed by atoms with Crippen LogP contribution in [0.5, 0.6) is 0 Å². The van der Waals surface area contributed by atoms with E-state index >= 15 is 0 Å². The average molecular weight is 337 g/mol. The Balaban J connectivity index is 1.85. The lowest BCUT2D eigenvalue weighted by molar-refractivity contribution is -0.119. The van der Waals surface area contributed by atoms with Crippen LogP contribution >= 0.6 is 23.1 Å². The van der Waals surface area contributed by atoms with Gasteiger partial charge in [-0.3, -0.25) is 10.1 Å². The van der Waals surface area contributed by atoms with Crippen LogP contribution in [-0.2, 0) is 22.4 Å². The van der Waals surface area contributed by atoms with Gasteiger partial charge in [0, 0.05) is 10.3 Å². The number of thiophene rings is 1. The molecule has 1 N–H and O–H groups in total. The summed E-state index contributed by atoms with van der Waals surface area (Å²) in [5.41, 5.74) is 1.32. The number of alkyl carbamates (subject to hydrolysis) is 1. The molecular formula is C14H15N3O3S2. The van der Waals surface area contributed by atoms with E-state index in [2.05, 4.69) is 20.0 Å². The number of carbonyl (C=O) groups is 2. The number of aromatic nitrogens is 2. The topological polar surface area (TPSA) is 81.2 Å². The molecule has 2 aromatic rings. The largest absolute Gasteiger partial charge is 0.453 e. The first kappa shape index (κ1) is 15.2. The van der Waals surface area contributed by atoms with Gasteiger partial charge in [-0.05, 0) is 31.7 Å². The minimum atomic E-state index is -0.748. The van der Waals surface area contributed by atoms with E-state index in [0.29, 0.717) is 0 Å². The lowest BCUT2D eigenvalue weighted by Crippen LogP contribution is -2.35. The van der Waals surface area contributed by atoms with Crippen molar-refractivity contribution in [3.63, 3.8) is 0 Å². The fraction of sp³-hybridized carbons (Fsp3) is 0.429. The Morgan fingerprint density at radius 2 is 2.23 bits per heavy atom. The Morgan fingerprint density at radius 1 is 1.41 bits per heavy atom. The smallest absolute Gasteiger partial charge is 0.413 e. The zero-order chi connectivity index (χ0) is 15.7. The Morgan fingerprint density at radius 3 is 3.00 bits per heavy atom. The van der Waals surface area contributed by atoms with E-state index in [-0.39, 0.29) is 0 Å². The maximum Gasteiger partial charge on any atom is 0.413 e. The third kappa shape index (κ3) is 2.80. The highest BCUT2D eigenvalue weighted by Crippen LogP contribution is 2.40. The molecule has 0 aromatic carbocycles. The van der Waals surface area contributed by atoms with Gasteiger partial charge in [0.15, 0.2) is 0 Å². The molecule has 3 rings (SSSR count). The van der Waals surface area contributed by atoms with E-state index < -0.39 is 17.3 Å². The lowest BCUT2D eigenvalue weighted by atomic mass is 10.2. The molecular weight excluding hydrogens is 322 g/mol. The van der Waals surface area contributed by atoms with Crippen molar-refractivity contribution in [2.45, 2.75) is 36.5 Å². The molecule has 2 aromatic heterocycles. The lowest BCUT2D eigenvalue weighted by Gasteiger charge is -2.11. The van der Waals surface area contributed by atoms with Crippen LogP contribution in [0.4, 0.5) is 4.79 Å². The van der Waals surface area contributed by atoms with Gasteiger partial charge in [0.05, 0.1) is 12.4 Å². The number of ether oxygens (including phenoxy) is 1. The van der Waals surface area contributed by atoms with Crippen molar-refractivity contribution < 1.29 is 14.3 Å². The van der Waals surface area contributed by atoms with E-state index in [1.54, 1.807) is 18.3 Å². The molecule has 2 heterocycles. The van der Waals surface area contributed by atoms with Crippen LogP contribution in [0.1, 0.15) is 23.8 Å². The maximum absolute atomic E-state index is 12.0. The SMILES string of the molecule is COC(=O)NC(=O)[C@H](C)Sc1ncnc2sc3c(c12)CCC3. The second-order valence-corrected chi connectivity index (χ2v) is 7.37. The maximum atomic E-state index is 12.0. The van der Waals surface area contributed by atoms with Gasteiger partial charge >= 0.3 is 6.09 Å². The molecule has 0 aliphatic heterocycles. The highest BCUT2D eigenvalue weighted by atomic mass is 32.2. The fourth-order valence-corrected chi connectivity index (χ4v) is 4.70. The number of carbonyl (C=O) groups excluding carboxylic acids is 2. The summed E-state index contributed by atoms with van der Waals surface area (Å²) in [5, 5.41) is 3.61. The van der Waals surface area contributed by atoms with Gasteiger partial charge in [0.25, 0.3) is 0 Å². The van der Waals surface area contributed by atoms with Gasteiger partial charge < -0.3 is 4.74 Å². The number of amides is 2. The van der Waals surface area contributed by atoms with Gasteiger partial charge in [-0.15, -0.1) is 11.3 Å². The summed E-state index contributed by atoms with van der Waals surface area (Å²) < 4.78 is 4.44. The molecule has 22 heavy (non-hydrogen) atoms. The van der Waals surface area contributed by atoms with Crippen LogP contribution in [0.3, 0.4) is 0 Å². The molecule has 2 amide bonds. The summed E-state index contributed by atoms with van der Waals surface area (Å²) in [5.74, 6) is -0.393. The Labute approximate surface area is 135 Å². The minimum absolute atomic E-state index is 0.393. The number of methoxy groups -OCH3 is 1. The number of fused-ring (bicyclic) bond motifs is 3. The Hall–Kier alpha value is -1.67. The van der Waals surface area contributed by atoms with Crippen LogP contribution < -0.4 is 5.32 Å². The Kier molecular flexibility index (Phi) is 4.30. The normalized spacial score (nSPS) is 14.6. The molecule has 0 saturated heterocycles. The highest BCUT2D eigenvalue weighted by Gasteiger charge is 2.24. The van der Waals surface area contributed by atoms with Crippen molar-refractivity contribution >= 4 is 45.3 Å². The summed E-state index contributed by atoms with van der Waals surface area (Å²) in [7, 11) is 1.23. The summed E-state index contributed by atoms with van der Waals surface area (Å²) >= 11 is 3.05. The first-order valence-corrected chi connectivity index (χ1v) is 8.60. The number of imide groups is 1. The summed E-state index contributed by atoms with van der Waals surface area (Å²) in [4.78, 5) is 34.1. The quantitative estimate of drug-likeness (QED) is 0.685. The number of hydrogen-bond acceptors (Lipinski definition) is 7. The molecule has 8 heteroatoms. The molecule has 1 aliphatic rings. The highest BCUT2D eigenvalue weighted by molar-refractivity contribution is 8.00. The molecule has 0 saturated carbocycles. The molecule has 6 nitrogen and oxygen atoms in total. The molecule has 0 radical (unpaired) electrons. The van der Waals surface area contributed by atoms with Crippen LogP contribution in [0, 0.1) is 0 Å². The van der Waals surface area contributed by atoms with E-state index in [0.717, 1.165) is 34.5 Å². The van der Waals surface area contributed by atoms with Crippen molar-refractivity contribution in [2.24, 2.45) is 0 Å². The second-order valence-electron chi connectivity index (χ2n) is 4.96. The number of rotatable bonds is 3. The minimum Gasteiger partial charge on any atom is -0.453 e. The Bertz CT molecular complexity index is 744. The molecule has 1 atom stereocenters. The standard InChI is InChI=1S/C14H15N3O3S2/c1-7(11(18)17-14(19)20-2)21-12-10-8-4-3-5-9(8)22-13(10)16-6-15-12/h6-7H,3-5H2,1-2H3,(H,17,18,19)/t7-/m0/s1. The van der Waals surface area contributed by atoms with Gasteiger partial charge in [0.1, 0.15) is 16.2 Å². The number of aryl methyl sites for hydroxylation is 2. The van der Waals surface area contributed by atoms with Crippen molar-refractivity contribution in [2.75, 3.05) is 7.11 Å². The van der Waals surface area contributed by atoms with E-state index in [1.165, 1.54) is 35.6 Å². The molecule has 1 aliphatic carbocycles. The third-order valence-electron chi connectivity index (χ3n) is 3.53. The summed E-state index contributed by atoms with van der Waals surface area (Å²) in [6.45, 7) is 1.74.